The molecule has 0 aliphatic rings. The van der Waals surface area contributed by atoms with Crippen molar-refractivity contribution in [3.8, 4) is 5.75 Å². The van der Waals surface area contributed by atoms with Gasteiger partial charge in [0.05, 0.1) is 24.2 Å². The fourth-order valence-corrected chi connectivity index (χ4v) is 3.23. The fourth-order valence-electron chi connectivity index (χ4n) is 1.93. The number of anilines is 4. The molecule has 10 N–H and O–H groups in total. The molecule has 0 fully saturated rings. The van der Waals surface area contributed by atoms with Crippen LogP contribution in [0.25, 0.3) is 0 Å². The Balaban J connectivity index is 0.000000271. The lowest BCUT2D eigenvalue weighted by molar-refractivity contribution is 0.415. The van der Waals surface area contributed by atoms with Gasteiger partial charge in [0.25, 0.3) is 20.2 Å². The van der Waals surface area contributed by atoms with Gasteiger partial charge in [0.2, 0.25) is 0 Å². The summed E-state index contributed by atoms with van der Waals surface area (Å²) in [5.74, 6) is 0.145. The highest BCUT2D eigenvalue weighted by Gasteiger charge is 2.17. The van der Waals surface area contributed by atoms with E-state index in [1.54, 1.807) is 6.92 Å². The molecule has 0 atom stereocenters. The second-order valence-electron chi connectivity index (χ2n) is 5.33. The Bertz CT molecular complexity index is 1070. The van der Waals surface area contributed by atoms with Gasteiger partial charge >= 0.3 is 0 Å². The molecule has 0 aromatic heterocycles. The number of hydrogen-bond donors (Lipinski definition) is 6. The highest BCUT2D eigenvalue weighted by atomic mass is 32.2. The molecule has 0 unspecified atom stereocenters. The minimum absolute atomic E-state index is 0.0504. The summed E-state index contributed by atoms with van der Waals surface area (Å²) in [6.07, 6.45) is 0. The minimum atomic E-state index is -4.34. The highest BCUT2D eigenvalue weighted by Crippen LogP contribution is 2.30. The van der Waals surface area contributed by atoms with Crippen LogP contribution in [0.3, 0.4) is 0 Å². The van der Waals surface area contributed by atoms with Crippen molar-refractivity contribution < 1.29 is 30.7 Å². The van der Waals surface area contributed by atoms with Crippen molar-refractivity contribution >= 4 is 43.0 Å². The fraction of sp³-hybridized carbons (Fsp3) is 0.143. The number of nitrogens with two attached hydrogens (primary N) is 4. The van der Waals surface area contributed by atoms with E-state index in [0.717, 1.165) is 6.07 Å². The maximum atomic E-state index is 10.8. The lowest BCUT2D eigenvalue weighted by Crippen LogP contribution is -2.05. The normalized spacial score (nSPS) is 11.4. The summed E-state index contributed by atoms with van der Waals surface area (Å²) in [6.45, 7) is 1.63. The number of rotatable bonds is 3. The molecule has 0 heterocycles. The minimum Gasteiger partial charge on any atom is -0.495 e. The van der Waals surface area contributed by atoms with Crippen molar-refractivity contribution in [1.82, 2.24) is 0 Å². The summed E-state index contributed by atoms with van der Waals surface area (Å²) in [5, 5.41) is 0. The van der Waals surface area contributed by atoms with Crippen LogP contribution in [0.1, 0.15) is 5.56 Å². The van der Waals surface area contributed by atoms with Gasteiger partial charge in [0.1, 0.15) is 15.5 Å². The summed E-state index contributed by atoms with van der Waals surface area (Å²) >= 11 is 0. The maximum absolute atomic E-state index is 10.8. The Morgan fingerprint density at radius 2 is 1.15 bits per heavy atom. The predicted octanol–water partition coefficient (Wildman–Crippen LogP) is 0.512. The molecule has 13 heteroatoms. The topological polar surface area (TPSA) is 222 Å². The number of methoxy groups -OCH3 is 1. The first-order valence-electron chi connectivity index (χ1n) is 7.02. The monoisotopic (exact) mass is 420 g/mol. The molecule has 2 aromatic rings. The van der Waals surface area contributed by atoms with Crippen LogP contribution in [0.2, 0.25) is 0 Å². The maximum Gasteiger partial charge on any atom is 0.296 e. The van der Waals surface area contributed by atoms with Crippen molar-refractivity contribution in [3.63, 3.8) is 0 Å². The lowest BCUT2D eigenvalue weighted by Gasteiger charge is -2.08. The zero-order valence-electron chi connectivity index (χ0n) is 14.4. The molecule has 0 spiro atoms. The lowest BCUT2D eigenvalue weighted by atomic mass is 10.2. The molecule has 0 amide bonds. The third-order valence-electron chi connectivity index (χ3n) is 3.32. The second-order valence-corrected chi connectivity index (χ2v) is 8.11. The van der Waals surface area contributed by atoms with E-state index in [1.807, 2.05) is 0 Å². The second kappa shape index (κ2) is 7.87. The van der Waals surface area contributed by atoms with Gasteiger partial charge in [-0.15, -0.1) is 0 Å². The van der Waals surface area contributed by atoms with Gasteiger partial charge in [-0.05, 0) is 30.7 Å². The third-order valence-corrected chi connectivity index (χ3v) is 5.14. The Morgan fingerprint density at radius 1 is 0.741 bits per heavy atom. The molecule has 150 valence electrons. The SMILES string of the molecule is COc1cc(S(=O)(=O)O)c(N)cc1N.Cc1cc(S(=O)(=O)O)c(N)cc1N. The van der Waals surface area contributed by atoms with E-state index >= 15 is 0 Å². The van der Waals surface area contributed by atoms with Crippen molar-refractivity contribution in [2.45, 2.75) is 16.7 Å². The van der Waals surface area contributed by atoms with E-state index in [9.17, 15) is 16.8 Å². The predicted molar refractivity (Wildman–Crippen MR) is 101 cm³/mol. The molecule has 2 aromatic carbocycles. The molecule has 0 saturated heterocycles. The van der Waals surface area contributed by atoms with E-state index in [4.69, 9.17) is 36.8 Å². The van der Waals surface area contributed by atoms with Gasteiger partial charge < -0.3 is 27.7 Å². The van der Waals surface area contributed by atoms with Gasteiger partial charge in [-0.25, -0.2) is 0 Å². The van der Waals surface area contributed by atoms with Crippen LogP contribution in [0.4, 0.5) is 22.7 Å². The zero-order chi connectivity index (χ0) is 21.2. The number of aryl methyl sites for hydroxylation is 1. The van der Waals surface area contributed by atoms with E-state index in [2.05, 4.69) is 0 Å². The Labute approximate surface area is 156 Å². The molecular formula is C14H20N4O7S2. The zero-order valence-corrected chi connectivity index (χ0v) is 16.0. The van der Waals surface area contributed by atoms with E-state index in [1.165, 1.54) is 25.3 Å². The van der Waals surface area contributed by atoms with Crippen LogP contribution >= 0.6 is 0 Å². The Hall–Kier alpha value is -2.74. The van der Waals surface area contributed by atoms with Crippen LogP contribution in [-0.4, -0.2) is 33.1 Å². The average Bonchev–Trinajstić information content (AvgIpc) is 2.49. The van der Waals surface area contributed by atoms with Crippen molar-refractivity contribution in [1.29, 1.82) is 0 Å². The van der Waals surface area contributed by atoms with E-state index in [-0.39, 0.29) is 27.7 Å². The largest absolute Gasteiger partial charge is 0.495 e. The van der Waals surface area contributed by atoms with E-state index in [0.29, 0.717) is 11.3 Å². The number of benzene rings is 2. The number of nitrogen functional groups attached to an aromatic ring is 4. The van der Waals surface area contributed by atoms with Crippen molar-refractivity contribution in [2.75, 3.05) is 30.0 Å². The van der Waals surface area contributed by atoms with Crippen LogP contribution < -0.4 is 27.7 Å². The van der Waals surface area contributed by atoms with E-state index < -0.39 is 25.1 Å². The van der Waals surface area contributed by atoms with Gasteiger partial charge in [-0.2, -0.15) is 16.8 Å². The Morgan fingerprint density at radius 3 is 1.56 bits per heavy atom. The smallest absolute Gasteiger partial charge is 0.296 e. The van der Waals surface area contributed by atoms with Crippen LogP contribution in [0.5, 0.6) is 5.75 Å². The van der Waals surface area contributed by atoms with Crippen molar-refractivity contribution in [2.24, 2.45) is 0 Å². The first kappa shape index (κ1) is 22.3. The molecule has 0 aliphatic heterocycles. The molecule has 11 nitrogen and oxygen atoms in total. The number of ether oxygens (including phenoxy) is 1. The highest BCUT2D eigenvalue weighted by molar-refractivity contribution is 7.86. The molecule has 0 saturated carbocycles. The van der Waals surface area contributed by atoms with Gasteiger partial charge in [-0.3, -0.25) is 9.11 Å². The third kappa shape index (κ3) is 5.62. The quantitative estimate of drug-likeness (QED) is 0.296. The van der Waals surface area contributed by atoms with Crippen molar-refractivity contribution in [3.05, 3.63) is 29.8 Å². The molecule has 27 heavy (non-hydrogen) atoms. The summed E-state index contributed by atoms with van der Waals surface area (Å²) in [6, 6.07) is 4.82. The first-order valence-corrected chi connectivity index (χ1v) is 9.90. The average molecular weight is 420 g/mol. The summed E-state index contributed by atoms with van der Waals surface area (Å²) < 4.78 is 65.4. The Kier molecular flexibility index (Phi) is 6.50. The molecular weight excluding hydrogens is 400 g/mol. The van der Waals surface area contributed by atoms with Gasteiger partial charge in [0, 0.05) is 11.8 Å². The van der Waals surface area contributed by atoms with Crippen LogP contribution in [-0.2, 0) is 20.2 Å². The molecule has 0 aliphatic carbocycles. The van der Waals surface area contributed by atoms with Crippen LogP contribution in [0.15, 0.2) is 34.1 Å². The summed E-state index contributed by atoms with van der Waals surface area (Å²) in [7, 11) is -7.27. The first-order chi connectivity index (χ1) is 12.2. The molecule has 2 rings (SSSR count). The summed E-state index contributed by atoms with van der Waals surface area (Å²) in [5.41, 5.74) is 22.6. The molecule has 0 radical (unpaired) electrons. The van der Waals surface area contributed by atoms with Gasteiger partial charge in [-0.1, -0.05) is 0 Å². The molecule has 0 bridgehead atoms. The van der Waals surface area contributed by atoms with Crippen LogP contribution in [0, 0.1) is 6.92 Å². The van der Waals surface area contributed by atoms with Gasteiger partial charge in [0.15, 0.2) is 0 Å². The number of hydrogen-bond acceptors (Lipinski definition) is 9. The standard InChI is InChI=1S/C7H10N2O4S.C7H10N2O3S/c1-13-6-3-7(14(10,11)12)5(9)2-4(6)8;1-4-2-7(13(10,11)12)6(9)3-5(4)8/h2-3H,8-9H2,1H3,(H,10,11,12);2-3H,8-9H2,1H3,(H,10,11,12). The summed E-state index contributed by atoms with van der Waals surface area (Å²) in [4.78, 5) is -0.720.